The smallest absolute Gasteiger partial charge is 0.338 e. The van der Waals surface area contributed by atoms with Gasteiger partial charge in [0, 0.05) is 11.7 Å². The zero-order valence-electron chi connectivity index (χ0n) is 14.1. The van der Waals surface area contributed by atoms with Crippen LogP contribution in [0.1, 0.15) is 34.5 Å². The predicted molar refractivity (Wildman–Crippen MR) is 93.7 cm³/mol. The Hall–Kier alpha value is -2.66. The molecule has 0 aliphatic heterocycles. The summed E-state index contributed by atoms with van der Waals surface area (Å²) in [5.41, 5.74) is 8.84. The van der Waals surface area contributed by atoms with Crippen LogP contribution in [0.4, 0.5) is 5.69 Å². The molecule has 0 spiro atoms. The average molecular weight is 326 g/mol. The van der Waals surface area contributed by atoms with E-state index >= 15 is 0 Å². The van der Waals surface area contributed by atoms with Crippen molar-refractivity contribution in [2.45, 2.75) is 19.9 Å². The summed E-state index contributed by atoms with van der Waals surface area (Å²) >= 11 is 0. The summed E-state index contributed by atoms with van der Waals surface area (Å²) in [7, 11) is 1.33. The summed E-state index contributed by atoms with van der Waals surface area (Å²) in [6.45, 7) is 3.59. The summed E-state index contributed by atoms with van der Waals surface area (Å²) in [6, 6.07) is 14.2. The van der Waals surface area contributed by atoms with Crippen LogP contribution in [0.25, 0.3) is 0 Å². The van der Waals surface area contributed by atoms with Gasteiger partial charge in [0.1, 0.15) is 0 Å². The molecule has 0 heterocycles. The van der Waals surface area contributed by atoms with Crippen LogP contribution in [0.2, 0.25) is 0 Å². The summed E-state index contributed by atoms with van der Waals surface area (Å²) in [6.07, 6.45) is 0. The molecular formula is C19H22N2O3. The molecule has 5 nitrogen and oxygen atoms in total. The Morgan fingerprint density at radius 1 is 1.12 bits per heavy atom. The van der Waals surface area contributed by atoms with Gasteiger partial charge in [0.15, 0.2) is 0 Å². The van der Waals surface area contributed by atoms with Gasteiger partial charge < -0.3 is 15.8 Å². The second kappa shape index (κ2) is 7.75. The SMILES string of the molecule is COC(=O)c1cc(NC(=O)C(C)C(N)c2ccccc2)ccc1C. The molecule has 0 radical (unpaired) electrons. The highest BCUT2D eigenvalue weighted by Crippen LogP contribution is 2.22. The maximum absolute atomic E-state index is 12.5. The molecule has 2 aromatic rings. The minimum atomic E-state index is -0.433. The van der Waals surface area contributed by atoms with Gasteiger partial charge in [0.05, 0.1) is 18.6 Å². The number of nitrogens with two attached hydrogens (primary N) is 1. The normalized spacial score (nSPS) is 13.0. The molecule has 126 valence electrons. The fourth-order valence-corrected chi connectivity index (χ4v) is 2.41. The second-order valence-electron chi connectivity index (χ2n) is 5.74. The van der Waals surface area contributed by atoms with E-state index < -0.39 is 17.9 Å². The molecular weight excluding hydrogens is 304 g/mol. The minimum Gasteiger partial charge on any atom is -0.465 e. The number of aryl methyl sites for hydroxylation is 1. The van der Waals surface area contributed by atoms with Gasteiger partial charge in [0.2, 0.25) is 5.91 Å². The lowest BCUT2D eigenvalue weighted by Gasteiger charge is -2.20. The molecule has 3 N–H and O–H groups in total. The van der Waals surface area contributed by atoms with Crippen LogP contribution in [0, 0.1) is 12.8 Å². The molecule has 0 aromatic heterocycles. The Bertz CT molecular complexity index is 729. The van der Waals surface area contributed by atoms with Gasteiger partial charge in [-0.3, -0.25) is 4.79 Å². The maximum atomic E-state index is 12.5. The summed E-state index contributed by atoms with van der Waals surface area (Å²) in [5, 5.41) is 2.81. The number of benzene rings is 2. The largest absolute Gasteiger partial charge is 0.465 e. The fraction of sp³-hybridized carbons (Fsp3) is 0.263. The van der Waals surface area contributed by atoms with E-state index in [-0.39, 0.29) is 5.91 Å². The third kappa shape index (κ3) is 4.00. The Labute approximate surface area is 141 Å². The third-order valence-corrected chi connectivity index (χ3v) is 4.05. The van der Waals surface area contributed by atoms with Crippen molar-refractivity contribution in [3.8, 4) is 0 Å². The molecule has 0 saturated heterocycles. The number of esters is 1. The molecule has 2 rings (SSSR count). The molecule has 2 unspecified atom stereocenters. The Balaban J connectivity index is 2.13. The van der Waals surface area contributed by atoms with Crippen molar-refractivity contribution in [3.05, 3.63) is 65.2 Å². The average Bonchev–Trinajstić information content (AvgIpc) is 2.62. The van der Waals surface area contributed by atoms with Crippen molar-refractivity contribution in [2.24, 2.45) is 11.7 Å². The quantitative estimate of drug-likeness (QED) is 0.827. The molecule has 0 fully saturated rings. The number of hydrogen-bond donors (Lipinski definition) is 2. The fourth-order valence-electron chi connectivity index (χ4n) is 2.41. The molecule has 24 heavy (non-hydrogen) atoms. The number of nitrogens with one attached hydrogen (secondary N) is 1. The predicted octanol–water partition coefficient (Wildman–Crippen LogP) is 3.06. The first-order valence-electron chi connectivity index (χ1n) is 7.74. The van der Waals surface area contributed by atoms with E-state index in [1.54, 1.807) is 25.1 Å². The maximum Gasteiger partial charge on any atom is 0.338 e. The summed E-state index contributed by atoms with van der Waals surface area (Å²) < 4.78 is 4.75. The van der Waals surface area contributed by atoms with Gasteiger partial charge in [-0.1, -0.05) is 43.3 Å². The molecule has 1 amide bonds. The first kappa shape index (κ1) is 17.7. The van der Waals surface area contributed by atoms with E-state index in [1.165, 1.54) is 7.11 Å². The van der Waals surface area contributed by atoms with Crippen LogP contribution in [-0.4, -0.2) is 19.0 Å². The molecule has 2 aromatic carbocycles. The van der Waals surface area contributed by atoms with E-state index in [2.05, 4.69) is 5.32 Å². The zero-order valence-corrected chi connectivity index (χ0v) is 14.1. The number of anilines is 1. The minimum absolute atomic E-state index is 0.203. The van der Waals surface area contributed by atoms with E-state index in [0.717, 1.165) is 11.1 Å². The Kier molecular flexibility index (Phi) is 5.71. The van der Waals surface area contributed by atoms with E-state index in [0.29, 0.717) is 11.3 Å². The van der Waals surface area contributed by atoms with Crippen LogP contribution < -0.4 is 11.1 Å². The van der Waals surface area contributed by atoms with Crippen molar-refractivity contribution >= 4 is 17.6 Å². The number of carbonyl (C=O) groups is 2. The van der Waals surface area contributed by atoms with Gasteiger partial charge >= 0.3 is 5.97 Å². The lowest BCUT2D eigenvalue weighted by atomic mass is 9.94. The third-order valence-electron chi connectivity index (χ3n) is 4.05. The van der Waals surface area contributed by atoms with Gasteiger partial charge in [0.25, 0.3) is 0 Å². The highest BCUT2D eigenvalue weighted by atomic mass is 16.5. The number of amides is 1. The molecule has 0 saturated carbocycles. The van der Waals surface area contributed by atoms with Gasteiger partial charge in [-0.2, -0.15) is 0 Å². The van der Waals surface area contributed by atoms with Gasteiger partial charge in [-0.15, -0.1) is 0 Å². The standard InChI is InChI=1S/C19H22N2O3/c1-12-9-10-15(11-16(12)19(23)24-3)21-18(22)13(2)17(20)14-7-5-4-6-8-14/h4-11,13,17H,20H2,1-3H3,(H,21,22). The molecule has 0 bridgehead atoms. The van der Waals surface area contributed by atoms with E-state index in [4.69, 9.17) is 10.5 Å². The van der Waals surface area contributed by atoms with Crippen molar-refractivity contribution in [1.82, 2.24) is 0 Å². The number of carbonyl (C=O) groups excluding carboxylic acids is 2. The lowest BCUT2D eigenvalue weighted by molar-refractivity contribution is -0.120. The van der Waals surface area contributed by atoms with Crippen molar-refractivity contribution in [1.29, 1.82) is 0 Å². The van der Waals surface area contributed by atoms with Gasteiger partial charge in [-0.25, -0.2) is 4.79 Å². The zero-order chi connectivity index (χ0) is 17.7. The van der Waals surface area contributed by atoms with Crippen molar-refractivity contribution < 1.29 is 14.3 Å². The van der Waals surface area contributed by atoms with E-state index in [9.17, 15) is 9.59 Å². The molecule has 0 aliphatic rings. The number of ether oxygens (including phenoxy) is 1. The summed E-state index contributed by atoms with van der Waals surface area (Å²) in [4.78, 5) is 24.2. The van der Waals surface area contributed by atoms with Crippen LogP contribution in [0.5, 0.6) is 0 Å². The van der Waals surface area contributed by atoms with Crippen LogP contribution in [0.3, 0.4) is 0 Å². The van der Waals surface area contributed by atoms with Gasteiger partial charge in [-0.05, 0) is 30.2 Å². The van der Waals surface area contributed by atoms with Crippen LogP contribution in [-0.2, 0) is 9.53 Å². The number of hydrogen-bond acceptors (Lipinski definition) is 4. The molecule has 2 atom stereocenters. The summed E-state index contributed by atoms with van der Waals surface area (Å²) in [5.74, 6) is -1.06. The Morgan fingerprint density at radius 2 is 1.79 bits per heavy atom. The lowest BCUT2D eigenvalue weighted by Crippen LogP contribution is -2.30. The van der Waals surface area contributed by atoms with Crippen LogP contribution in [0.15, 0.2) is 48.5 Å². The first-order chi connectivity index (χ1) is 11.4. The topological polar surface area (TPSA) is 81.4 Å². The highest BCUT2D eigenvalue weighted by Gasteiger charge is 2.22. The second-order valence-corrected chi connectivity index (χ2v) is 5.74. The van der Waals surface area contributed by atoms with Crippen molar-refractivity contribution in [2.75, 3.05) is 12.4 Å². The molecule has 0 aliphatic carbocycles. The Morgan fingerprint density at radius 3 is 2.42 bits per heavy atom. The highest BCUT2D eigenvalue weighted by molar-refractivity contribution is 5.96. The first-order valence-corrected chi connectivity index (χ1v) is 7.74. The number of rotatable bonds is 5. The monoisotopic (exact) mass is 326 g/mol. The van der Waals surface area contributed by atoms with Crippen molar-refractivity contribution in [3.63, 3.8) is 0 Å². The van der Waals surface area contributed by atoms with Crippen LogP contribution >= 0.6 is 0 Å². The number of methoxy groups -OCH3 is 1. The molecule has 5 heteroatoms. The van der Waals surface area contributed by atoms with E-state index in [1.807, 2.05) is 37.3 Å².